The van der Waals surface area contributed by atoms with Crippen LogP contribution in [0.1, 0.15) is 12.3 Å². The molecule has 0 saturated heterocycles. The van der Waals surface area contributed by atoms with Gasteiger partial charge < -0.3 is 4.42 Å². The van der Waals surface area contributed by atoms with Crippen molar-refractivity contribution in [2.75, 3.05) is 0 Å². The molecule has 5 heteroatoms. The van der Waals surface area contributed by atoms with Gasteiger partial charge in [0, 0.05) is 47.6 Å². The van der Waals surface area contributed by atoms with Gasteiger partial charge in [0.2, 0.25) is 0 Å². The minimum Gasteiger partial charge on any atom is -0.456 e. The van der Waals surface area contributed by atoms with E-state index in [4.69, 9.17) is 29.0 Å². The second-order valence-corrected chi connectivity index (χ2v) is 12.3. The summed E-state index contributed by atoms with van der Waals surface area (Å²) >= 11 is 0.988. The molecule has 4 nitrogen and oxygen atoms in total. The average molecular weight is 641 g/mol. The molecule has 0 fully saturated rings. The molecule has 0 radical (unpaired) electrons. The fourth-order valence-electron chi connectivity index (χ4n) is 6.19. The van der Waals surface area contributed by atoms with Crippen LogP contribution in [0.4, 0.5) is 0 Å². The van der Waals surface area contributed by atoms with E-state index in [0.717, 1.165) is 33.2 Å². The summed E-state index contributed by atoms with van der Waals surface area (Å²) in [6, 6.07) is 27.4. The van der Waals surface area contributed by atoms with Crippen LogP contribution in [0.3, 0.4) is 0 Å². The van der Waals surface area contributed by atoms with Gasteiger partial charge in [-0.15, -0.1) is 11.3 Å². The molecular weight excluding hydrogens is 607 g/mol. The Morgan fingerprint density at radius 2 is 1.17 bits per heavy atom. The molecule has 0 amide bonds. The van der Waals surface area contributed by atoms with Crippen LogP contribution in [-0.2, 0) is 0 Å². The van der Waals surface area contributed by atoms with Crippen LogP contribution in [-0.4, -0.2) is 15.0 Å². The third kappa shape index (κ3) is 4.33. The Balaban J connectivity index is 1.25. The van der Waals surface area contributed by atoms with Crippen molar-refractivity contribution in [1.82, 2.24) is 15.0 Å². The molecule has 0 aliphatic rings. The first-order valence-electron chi connectivity index (χ1n) is 19.7. The van der Waals surface area contributed by atoms with E-state index in [0.29, 0.717) is 22.3 Å². The number of nitrogens with zero attached hydrogens (tertiary/aromatic N) is 3. The average Bonchev–Trinajstić information content (AvgIpc) is 3.81. The predicted molar refractivity (Wildman–Crippen MR) is 199 cm³/mol. The molecule has 0 aliphatic carbocycles. The molecule has 3 aromatic heterocycles. The van der Waals surface area contributed by atoms with Crippen LogP contribution in [0, 0.1) is 0 Å². The van der Waals surface area contributed by atoms with E-state index in [1.165, 1.54) is 0 Å². The predicted octanol–water partition coefficient (Wildman–Crippen LogP) is 12.0. The number of hydrogen-bond acceptors (Lipinski definition) is 5. The summed E-state index contributed by atoms with van der Waals surface area (Å²) in [5.74, 6) is 0.514. The van der Waals surface area contributed by atoms with Gasteiger partial charge in [0.15, 0.2) is 17.5 Å². The summed E-state index contributed by atoms with van der Waals surface area (Å²) in [5, 5.41) is 2.08. The molecular formula is C43H25N3OS. The lowest BCUT2D eigenvalue weighted by Crippen LogP contribution is -2.00. The smallest absolute Gasteiger partial charge is 0.164 e. The highest BCUT2D eigenvalue weighted by atomic mass is 32.1. The third-order valence-electron chi connectivity index (χ3n) is 8.48. The summed E-state index contributed by atoms with van der Waals surface area (Å²) in [6.45, 7) is 0. The first kappa shape index (κ1) is 19.5. The van der Waals surface area contributed by atoms with E-state index >= 15 is 0 Å². The molecule has 7 aromatic carbocycles. The molecule has 0 saturated carbocycles. The Morgan fingerprint density at radius 3 is 1.96 bits per heavy atom. The summed E-state index contributed by atoms with van der Waals surface area (Å²) in [4.78, 5) is 14.6. The SMILES string of the molecule is [2H]c1c([2H])c(-c2nc(-c3ccccc3)nc(-c3ccc4c(c3)oc3cc(-c5ccccc5)ccc34)n2)c2c(sc3c4c([2H])c([2H])c([2H])c([2H])c4c([2H])c([2H])c32)c1[2H]. The van der Waals surface area contributed by atoms with Crippen molar-refractivity contribution in [3.8, 4) is 45.3 Å². The van der Waals surface area contributed by atoms with Gasteiger partial charge in [0.05, 0.1) is 12.3 Å². The molecule has 10 rings (SSSR count). The second-order valence-electron chi connectivity index (χ2n) is 11.3. The number of rotatable bonds is 4. The first-order chi connectivity index (χ1) is 27.5. The maximum atomic E-state index is 9.25. The van der Waals surface area contributed by atoms with Gasteiger partial charge in [0.1, 0.15) is 11.2 Å². The van der Waals surface area contributed by atoms with Crippen molar-refractivity contribution in [3.05, 3.63) is 151 Å². The third-order valence-corrected chi connectivity index (χ3v) is 9.60. The van der Waals surface area contributed by atoms with Gasteiger partial charge in [-0.25, -0.2) is 15.0 Å². The molecule has 0 spiro atoms. The maximum absolute atomic E-state index is 9.25. The number of aromatic nitrogens is 3. The normalized spacial score (nSPS) is 14.4. The molecule has 0 atom stereocenters. The Hall–Kier alpha value is -6.17. The van der Waals surface area contributed by atoms with E-state index in [2.05, 4.69) is 6.07 Å². The Labute approximate surface area is 292 Å². The molecule has 48 heavy (non-hydrogen) atoms. The van der Waals surface area contributed by atoms with Crippen molar-refractivity contribution in [3.63, 3.8) is 0 Å². The van der Waals surface area contributed by atoms with Gasteiger partial charge in [0.25, 0.3) is 0 Å². The fourth-order valence-corrected chi connectivity index (χ4v) is 7.32. The highest BCUT2D eigenvalue weighted by Gasteiger charge is 2.19. The van der Waals surface area contributed by atoms with Gasteiger partial charge in [-0.3, -0.25) is 0 Å². The van der Waals surface area contributed by atoms with E-state index in [1.807, 2.05) is 91.0 Å². The number of furan rings is 1. The van der Waals surface area contributed by atoms with Crippen LogP contribution >= 0.6 is 11.3 Å². The number of fused-ring (bicyclic) bond motifs is 8. The van der Waals surface area contributed by atoms with Crippen LogP contribution < -0.4 is 0 Å². The highest BCUT2D eigenvalue weighted by Crippen LogP contribution is 2.43. The van der Waals surface area contributed by atoms with Crippen molar-refractivity contribution in [2.45, 2.75) is 0 Å². The lowest BCUT2D eigenvalue weighted by Gasteiger charge is -2.09. The van der Waals surface area contributed by atoms with E-state index in [9.17, 15) is 2.74 Å². The fraction of sp³-hybridized carbons (Fsp3) is 0. The number of hydrogen-bond donors (Lipinski definition) is 0. The van der Waals surface area contributed by atoms with E-state index in [-0.39, 0.29) is 78.2 Å². The molecule has 10 aromatic rings. The first-order valence-corrected chi connectivity index (χ1v) is 16.0. The standard InChI is InChI=1S/C43H25N3OS/c1-3-10-26(11-4-1)29-19-21-32-33-22-20-30(25-37(33)47-36(32)24-29)42-44-41(28-13-5-2-6-14-28)45-43(46-42)35-16-9-17-38-39(35)34-23-18-27-12-7-8-15-31(27)40(34)48-38/h1-25H/i7D,8D,9D,12D,15D,16D,17D,18D,23D. The molecule has 0 N–H and O–H groups in total. The molecule has 3 heterocycles. The van der Waals surface area contributed by atoms with Crippen molar-refractivity contribution < 1.29 is 16.8 Å². The second kappa shape index (κ2) is 10.7. The van der Waals surface area contributed by atoms with Crippen molar-refractivity contribution in [2.24, 2.45) is 0 Å². The van der Waals surface area contributed by atoms with Gasteiger partial charge >= 0.3 is 0 Å². The van der Waals surface area contributed by atoms with Gasteiger partial charge in [-0.1, -0.05) is 121 Å². The number of thiophene rings is 1. The monoisotopic (exact) mass is 640 g/mol. The van der Waals surface area contributed by atoms with E-state index in [1.54, 1.807) is 0 Å². The Kier molecular flexibility index (Phi) is 4.34. The van der Waals surface area contributed by atoms with E-state index < -0.39 is 30.2 Å². The largest absolute Gasteiger partial charge is 0.456 e. The zero-order valence-corrected chi connectivity index (χ0v) is 25.7. The molecule has 0 aliphatic heterocycles. The van der Waals surface area contributed by atoms with Gasteiger partial charge in [-0.05, 0) is 52.2 Å². The van der Waals surface area contributed by atoms with Crippen LogP contribution in [0.25, 0.3) is 98.2 Å². The summed E-state index contributed by atoms with van der Waals surface area (Å²) in [5.41, 5.74) is 4.69. The molecule has 224 valence electrons. The van der Waals surface area contributed by atoms with Crippen LogP contribution in [0.2, 0.25) is 0 Å². The van der Waals surface area contributed by atoms with Crippen molar-refractivity contribution >= 4 is 64.2 Å². The lowest BCUT2D eigenvalue weighted by atomic mass is 10.0. The topological polar surface area (TPSA) is 51.8 Å². The zero-order valence-electron chi connectivity index (χ0n) is 33.9. The lowest BCUT2D eigenvalue weighted by molar-refractivity contribution is 0.669. The van der Waals surface area contributed by atoms with Crippen molar-refractivity contribution in [1.29, 1.82) is 0 Å². The van der Waals surface area contributed by atoms with Crippen LogP contribution in [0.5, 0.6) is 0 Å². The van der Waals surface area contributed by atoms with Crippen LogP contribution in [0.15, 0.2) is 156 Å². The Morgan fingerprint density at radius 1 is 0.500 bits per heavy atom. The molecule has 0 bridgehead atoms. The summed E-state index contributed by atoms with van der Waals surface area (Å²) < 4.78 is 86.1. The van der Waals surface area contributed by atoms with Gasteiger partial charge in [-0.2, -0.15) is 0 Å². The zero-order chi connectivity index (χ0) is 39.4. The number of benzene rings is 7. The summed E-state index contributed by atoms with van der Waals surface area (Å²) in [6.07, 6.45) is 0. The molecule has 0 unspecified atom stereocenters. The summed E-state index contributed by atoms with van der Waals surface area (Å²) in [7, 11) is 0. The maximum Gasteiger partial charge on any atom is 0.164 e. The highest BCUT2D eigenvalue weighted by molar-refractivity contribution is 7.26. The Bertz CT molecular complexity index is 3350. The quantitative estimate of drug-likeness (QED) is 0.192. The minimum absolute atomic E-state index is 0.000232. The minimum atomic E-state index is -0.520.